The predicted molar refractivity (Wildman–Crippen MR) is 88.8 cm³/mol. The average molecular weight is 297 g/mol. The Bertz CT molecular complexity index is 281. The molecule has 4 heteroatoms. The van der Waals surface area contributed by atoms with Gasteiger partial charge >= 0.3 is 0 Å². The first-order valence-electron chi connectivity index (χ1n) is 8.90. The van der Waals surface area contributed by atoms with Crippen molar-refractivity contribution in [1.29, 1.82) is 0 Å². The van der Waals surface area contributed by atoms with Gasteiger partial charge in [-0.3, -0.25) is 0 Å². The first-order valence-corrected chi connectivity index (χ1v) is 8.90. The van der Waals surface area contributed by atoms with E-state index in [0.717, 1.165) is 25.7 Å². The van der Waals surface area contributed by atoms with E-state index in [9.17, 15) is 0 Å². The van der Waals surface area contributed by atoms with Crippen LogP contribution in [0.15, 0.2) is 0 Å². The lowest BCUT2D eigenvalue weighted by Gasteiger charge is -2.37. The van der Waals surface area contributed by atoms with Crippen molar-refractivity contribution >= 4 is 0 Å². The lowest BCUT2D eigenvalue weighted by atomic mass is 9.88. The summed E-state index contributed by atoms with van der Waals surface area (Å²) in [5, 5.41) is 3.86. The summed E-state index contributed by atoms with van der Waals surface area (Å²) in [6.07, 6.45) is 6.32. The molecule has 1 N–H and O–H groups in total. The average Bonchev–Trinajstić information content (AvgIpc) is 2.66. The Morgan fingerprint density at radius 1 is 1.19 bits per heavy atom. The number of ether oxygens (including phenoxy) is 1. The van der Waals surface area contributed by atoms with Crippen molar-refractivity contribution in [3.63, 3.8) is 0 Å². The number of nitrogens with zero attached hydrogens (tertiary/aromatic N) is 2. The van der Waals surface area contributed by atoms with Gasteiger partial charge in [0.15, 0.2) is 0 Å². The molecule has 0 aromatic rings. The summed E-state index contributed by atoms with van der Waals surface area (Å²) in [4.78, 5) is 5.11. The second-order valence-electron chi connectivity index (χ2n) is 7.02. The van der Waals surface area contributed by atoms with Crippen LogP contribution >= 0.6 is 0 Å². The lowest BCUT2D eigenvalue weighted by Crippen LogP contribution is -2.53. The zero-order chi connectivity index (χ0) is 15.1. The van der Waals surface area contributed by atoms with Crippen LogP contribution in [0.5, 0.6) is 0 Å². The van der Waals surface area contributed by atoms with Gasteiger partial charge in [0.05, 0.1) is 0 Å². The molecule has 0 aromatic carbocycles. The third kappa shape index (κ3) is 5.51. The molecule has 0 aliphatic carbocycles. The molecule has 4 nitrogen and oxygen atoms in total. The molecule has 124 valence electrons. The summed E-state index contributed by atoms with van der Waals surface area (Å²) < 4.78 is 5.53. The summed E-state index contributed by atoms with van der Waals surface area (Å²) in [6, 6.07) is 1.27. The molecule has 0 radical (unpaired) electrons. The van der Waals surface area contributed by atoms with Crippen molar-refractivity contribution in [2.75, 3.05) is 53.5 Å². The molecule has 2 aliphatic heterocycles. The van der Waals surface area contributed by atoms with E-state index in [0.29, 0.717) is 12.1 Å². The molecule has 0 bridgehead atoms. The minimum Gasteiger partial charge on any atom is -0.381 e. The lowest BCUT2D eigenvalue weighted by molar-refractivity contribution is 0.0542. The van der Waals surface area contributed by atoms with Gasteiger partial charge in [-0.25, -0.2) is 0 Å². The van der Waals surface area contributed by atoms with Gasteiger partial charge in [-0.15, -0.1) is 0 Å². The molecule has 0 saturated carbocycles. The Labute approximate surface area is 131 Å². The van der Waals surface area contributed by atoms with Gasteiger partial charge in [0, 0.05) is 31.8 Å². The minimum atomic E-state index is 0.624. The minimum absolute atomic E-state index is 0.624. The number of hydrogen-bond acceptors (Lipinski definition) is 4. The van der Waals surface area contributed by atoms with Crippen molar-refractivity contribution in [3.8, 4) is 0 Å². The molecule has 0 aromatic heterocycles. The van der Waals surface area contributed by atoms with Gasteiger partial charge in [0.2, 0.25) is 0 Å². The molecular weight excluding hydrogens is 262 g/mol. The molecule has 2 heterocycles. The Hall–Kier alpha value is -0.160. The maximum absolute atomic E-state index is 5.53. The maximum atomic E-state index is 5.53. The third-order valence-corrected chi connectivity index (χ3v) is 5.16. The zero-order valence-corrected chi connectivity index (χ0v) is 14.3. The topological polar surface area (TPSA) is 27.7 Å². The number of hydrogen-bond donors (Lipinski definition) is 1. The Balaban J connectivity index is 1.97. The van der Waals surface area contributed by atoms with Crippen LogP contribution in [0.3, 0.4) is 0 Å². The van der Waals surface area contributed by atoms with E-state index in [1.807, 2.05) is 0 Å². The highest BCUT2D eigenvalue weighted by atomic mass is 16.5. The van der Waals surface area contributed by atoms with Crippen LogP contribution in [0.4, 0.5) is 0 Å². The third-order valence-electron chi connectivity index (χ3n) is 5.16. The summed E-state index contributed by atoms with van der Waals surface area (Å²) >= 11 is 0. The second-order valence-corrected chi connectivity index (χ2v) is 7.02. The smallest absolute Gasteiger partial charge is 0.0468 e. The van der Waals surface area contributed by atoms with Crippen molar-refractivity contribution < 1.29 is 4.74 Å². The molecule has 2 rings (SSSR count). The van der Waals surface area contributed by atoms with Gasteiger partial charge in [-0.1, -0.05) is 6.92 Å². The van der Waals surface area contributed by atoms with Gasteiger partial charge in [0.25, 0.3) is 0 Å². The molecule has 2 atom stereocenters. The number of rotatable bonds is 6. The first kappa shape index (κ1) is 17.2. The van der Waals surface area contributed by atoms with Gasteiger partial charge in [-0.05, 0) is 71.8 Å². The fourth-order valence-electron chi connectivity index (χ4n) is 3.79. The SMILES string of the molecule is CCCNC(CC1CCOCC1)C1CN(C)CCCN1C. The summed E-state index contributed by atoms with van der Waals surface area (Å²) in [7, 11) is 4.59. The standard InChI is InChI=1S/C17H35N3O/c1-4-8-18-16(13-15-6-11-21-12-7-15)17-14-19(2)9-5-10-20(17)3/h15-18H,4-14H2,1-3H3. The molecular formula is C17H35N3O. The monoisotopic (exact) mass is 297 g/mol. The van der Waals surface area contributed by atoms with Crippen molar-refractivity contribution in [2.24, 2.45) is 5.92 Å². The van der Waals surface area contributed by atoms with E-state index in [4.69, 9.17) is 4.74 Å². The van der Waals surface area contributed by atoms with E-state index in [-0.39, 0.29) is 0 Å². The Kier molecular flexibility index (Phi) is 7.44. The highest BCUT2D eigenvalue weighted by molar-refractivity contribution is 4.89. The molecule has 0 spiro atoms. The largest absolute Gasteiger partial charge is 0.381 e. The molecule has 2 aliphatic rings. The number of nitrogens with one attached hydrogen (secondary N) is 1. The number of likely N-dealkylation sites (N-methyl/N-ethyl adjacent to an activating group) is 2. The van der Waals surface area contributed by atoms with Crippen LogP contribution in [-0.2, 0) is 4.74 Å². The Morgan fingerprint density at radius 3 is 2.67 bits per heavy atom. The van der Waals surface area contributed by atoms with E-state index >= 15 is 0 Å². The maximum Gasteiger partial charge on any atom is 0.0468 e. The fourth-order valence-corrected chi connectivity index (χ4v) is 3.79. The zero-order valence-electron chi connectivity index (χ0n) is 14.3. The fraction of sp³-hybridized carbons (Fsp3) is 1.00. The van der Waals surface area contributed by atoms with Crippen LogP contribution in [0, 0.1) is 5.92 Å². The van der Waals surface area contributed by atoms with Gasteiger partial charge < -0.3 is 19.9 Å². The van der Waals surface area contributed by atoms with E-state index in [2.05, 4.69) is 36.1 Å². The summed E-state index contributed by atoms with van der Waals surface area (Å²) in [5.41, 5.74) is 0. The van der Waals surface area contributed by atoms with Crippen LogP contribution in [0.25, 0.3) is 0 Å². The highest BCUT2D eigenvalue weighted by Crippen LogP contribution is 2.23. The predicted octanol–water partition coefficient (Wildman–Crippen LogP) is 1.81. The van der Waals surface area contributed by atoms with Crippen LogP contribution in [0.2, 0.25) is 0 Å². The van der Waals surface area contributed by atoms with Crippen LogP contribution in [-0.4, -0.2) is 75.4 Å². The molecule has 2 saturated heterocycles. The molecule has 2 fully saturated rings. The van der Waals surface area contributed by atoms with Crippen molar-refractivity contribution in [2.45, 2.75) is 51.1 Å². The molecule has 2 unspecified atom stereocenters. The first-order chi connectivity index (χ1) is 10.2. The van der Waals surface area contributed by atoms with Crippen LogP contribution in [0.1, 0.15) is 39.0 Å². The highest BCUT2D eigenvalue weighted by Gasteiger charge is 2.30. The Morgan fingerprint density at radius 2 is 1.95 bits per heavy atom. The van der Waals surface area contributed by atoms with E-state index < -0.39 is 0 Å². The molecule has 0 amide bonds. The van der Waals surface area contributed by atoms with Crippen molar-refractivity contribution in [3.05, 3.63) is 0 Å². The van der Waals surface area contributed by atoms with Crippen molar-refractivity contribution in [1.82, 2.24) is 15.1 Å². The van der Waals surface area contributed by atoms with Gasteiger partial charge in [0.1, 0.15) is 0 Å². The summed E-state index contributed by atoms with van der Waals surface area (Å²) in [5.74, 6) is 0.843. The van der Waals surface area contributed by atoms with Gasteiger partial charge in [-0.2, -0.15) is 0 Å². The summed E-state index contributed by atoms with van der Waals surface area (Å²) in [6.45, 7) is 8.99. The molecule has 21 heavy (non-hydrogen) atoms. The second kappa shape index (κ2) is 9.09. The van der Waals surface area contributed by atoms with E-state index in [1.54, 1.807) is 0 Å². The normalized spacial score (nSPS) is 28.4. The van der Waals surface area contributed by atoms with Crippen LogP contribution < -0.4 is 5.32 Å². The van der Waals surface area contributed by atoms with E-state index in [1.165, 1.54) is 51.7 Å². The quantitative estimate of drug-likeness (QED) is 0.809.